The van der Waals surface area contributed by atoms with Gasteiger partial charge >= 0.3 is 6.03 Å². The van der Waals surface area contributed by atoms with E-state index in [2.05, 4.69) is 14.7 Å². The Labute approximate surface area is 104 Å². The molecule has 1 aliphatic heterocycles. The Kier molecular flexibility index (Phi) is 2.54. The van der Waals surface area contributed by atoms with Crippen LogP contribution in [0, 0.1) is 6.92 Å². The molecule has 1 aliphatic carbocycles. The Bertz CT molecular complexity index is 440. The molecule has 5 nitrogen and oxygen atoms in total. The molecule has 2 fully saturated rings. The first kappa shape index (κ1) is 11.0. The van der Waals surface area contributed by atoms with Crippen molar-refractivity contribution in [2.45, 2.75) is 44.6 Å². The standard InChI is InChI=1S/C11H16N4OS/c1-8-12-9(17-14-8)13-10(16)15-7-3-2-4-11(15)5-6-11/h2-7H2,1H3,(H,12,13,14,16). The van der Waals surface area contributed by atoms with E-state index in [1.165, 1.54) is 18.0 Å². The van der Waals surface area contributed by atoms with Gasteiger partial charge in [-0.2, -0.15) is 4.37 Å². The predicted octanol–water partition coefficient (Wildman–Crippen LogP) is 2.40. The molecule has 3 rings (SSSR count). The van der Waals surface area contributed by atoms with Crippen LogP contribution in [0.15, 0.2) is 0 Å². The summed E-state index contributed by atoms with van der Waals surface area (Å²) in [5, 5.41) is 3.47. The van der Waals surface area contributed by atoms with Crippen molar-refractivity contribution in [1.82, 2.24) is 14.3 Å². The number of rotatable bonds is 1. The molecule has 1 aromatic rings. The zero-order chi connectivity index (χ0) is 11.9. The van der Waals surface area contributed by atoms with E-state index in [-0.39, 0.29) is 11.6 Å². The normalized spacial score (nSPS) is 21.6. The van der Waals surface area contributed by atoms with E-state index in [1.54, 1.807) is 0 Å². The van der Waals surface area contributed by atoms with Crippen molar-refractivity contribution in [3.05, 3.63) is 5.82 Å². The fourth-order valence-corrected chi connectivity index (χ4v) is 3.15. The second-order valence-corrected chi connectivity index (χ2v) is 5.66. The van der Waals surface area contributed by atoms with Gasteiger partial charge in [-0.3, -0.25) is 5.32 Å². The third-order valence-electron chi connectivity index (χ3n) is 3.66. The molecule has 1 aromatic heterocycles. The molecule has 0 radical (unpaired) electrons. The highest BCUT2D eigenvalue weighted by Gasteiger charge is 2.50. The van der Waals surface area contributed by atoms with Gasteiger partial charge in [-0.05, 0) is 39.0 Å². The van der Waals surface area contributed by atoms with Gasteiger partial charge in [-0.15, -0.1) is 0 Å². The third kappa shape index (κ3) is 2.01. The monoisotopic (exact) mass is 252 g/mol. The number of carbonyl (C=O) groups excluding carboxylic acids is 1. The first-order chi connectivity index (χ1) is 8.20. The molecule has 2 heterocycles. The highest BCUT2D eigenvalue weighted by atomic mass is 32.1. The summed E-state index contributed by atoms with van der Waals surface area (Å²) in [4.78, 5) is 18.4. The molecule has 1 spiro atoms. The van der Waals surface area contributed by atoms with Gasteiger partial charge in [0.2, 0.25) is 5.13 Å². The summed E-state index contributed by atoms with van der Waals surface area (Å²) in [5.41, 5.74) is 0.183. The lowest BCUT2D eigenvalue weighted by atomic mass is 10.0. The summed E-state index contributed by atoms with van der Waals surface area (Å²) in [6, 6.07) is -0.00153. The summed E-state index contributed by atoms with van der Waals surface area (Å²) in [6.45, 7) is 2.71. The molecule has 1 saturated carbocycles. The van der Waals surface area contributed by atoms with Crippen LogP contribution < -0.4 is 5.32 Å². The van der Waals surface area contributed by atoms with E-state index in [0.29, 0.717) is 11.0 Å². The Balaban J connectivity index is 1.69. The van der Waals surface area contributed by atoms with Gasteiger partial charge in [0.15, 0.2) is 0 Å². The van der Waals surface area contributed by atoms with E-state index < -0.39 is 0 Å². The molecule has 0 bridgehead atoms. The van der Waals surface area contributed by atoms with Crippen molar-refractivity contribution in [3.8, 4) is 0 Å². The molecule has 0 unspecified atom stereocenters. The molecule has 0 aromatic carbocycles. The Morgan fingerprint density at radius 2 is 2.24 bits per heavy atom. The van der Waals surface area contributed by atoms with Gasteiger partial charge in [0.1, 0.15) is 5.82 Å². The van der Waals surface area contributed by atoms with Gasteiger partial charge in [0, 0.05) is 23.6 Å². The summed E-state index contributed by atoms with van der Waals surface area (Å²) in [5.74, 6) is 0.713. The van der Waals surface area contributed by atoms with E-state index in [0.717, 1.165) is 32.2 Å². The minimum Gasteiger partial charge on any atom is -0.319 e. The van der Waals surface area contributed by atoms with Crippen LogP contribution in [-0.4, -0.2) is 32.4 Å². The van der Waals surface area contributed by atoms with Crippen molar-refractivity contribution < 1.29 is 4.79 Å². The average molecular weight is 252 g/mol. The fourth-order valence-electron chi connectivity index (χ4n) is 2.58. The second kappa shape index (κ2) is 3.94. The summed E-state index contributed by atoms with van der Waals surface area (Å²) in [6.07, 6.45) is 5.85. The molecule has 17 heavy (non-hydrogen) atoms. The maximum atomic E-state index is 12.2. The quantitative estimate of drug-likeness (QED) is 0.835. The third-order valence-corrected chi connectivity index (χ3v) is 4.38. The molecule has 1 saturated heterocycles. The average Bonchev–Trinajstić information content (AvgIpc) is 2.94. The first-order valence-electron chi connectivity index (χ1n) is 6.09. The maximum Gasteiger partial charge on any atom is 0.324 e. The topological polar surface area (TPSA) is 58.1 Å². The van der Waals surface area contributed by atoms with Crippen LogP contribution in [0.4, 0.5) is 9.93 Å². The SMILES string of the molecule is Cc1nsc(NC(=O)N2CCCCC23CC3)n1. The number of anilines is 1. The van der Waals surface area contributed by atoms with Crippen molar-refractivity contribution in [1.29, 1.82) is 0 Å². The van der Waals surface area contributed by atoms with Crippen LogP contribution in [-0.2, 0) is 0 Å². The molecule has 2 amide bonds. The molecule has 2 aliphatic rings. The number of nitrogens with one attached hydrogen (secondary N) is 1. The van der Waals surface area contributed by atoms with E-state index in [4.69, 9.17) is 0 Å². The minimum absolute atomic E-state index is 0.00153. The number of urea groups is 1. The number of hydrogen-bond acceptors (Lipinski definition) is 4. The first-order valence-corrected chi connectivity index (χ1v) is 6.86. The Morgan fingerprint density at radius 3 is 2.88 bits per heavy atom. The lowest BCUT2D eigenvalue weighted by Crippen LogP contribution is -2.47. The van der Waals surface area contributed by atoms with Gasteiger partial charge < -0.3 is 4.90 Å². The molecule has 92 valence electrons. The van der Waals surface area contributed by atoms with Crippen molar-refractivity contribution in [3.63, 3.8) is 0 Å². The van der Waals surface area contributed by atoms with Crippen LogP contribution in [0.3, 0.4) is 0 Å². The zero-order valence-electron chi connectivity index (χ0n) is 9.90. The summed E-state index contributed by atoms with van der Waals surface area (Å²) in [7, 11) is 0. The van der Waals surface area contributed by atoms with Crippen LogP contribution in [0.25, 0.3) is 0 Å². The number of carbonyl (C=O) groups is 1. The van der Waals surface area contributed by atoms with E-state index >= 15 is 0 Å². The largest absolute Gasteiger partial charge is 0.324 e. The van der Waals surface area contributed by atoms with Crippen LogP contribution in [0.5, 0.6) is 0 Å². The number of likely N-dealkylation sites (tertiary alicyclic amines) is 1. The number of aromatic nitrogens is 2. The molecular weight excluding hydrogens is 236 g/mol. The van der Waals surface area contributed by atoms with Crippen molar-refractivity contribution >= 4 is 22.7 Å². The Hall–Kier alpha value is -1.17. The van der Waals surface area contributed by atoms with Gasteiger partial charge in [0.05, 0.1) is 0 Å². The van der Waals surface area contributed by atoms with Crippen LogP contribution in [0.2, 0.25) is 0 Å². The molecule has 6 heteroatoms. The van der Waals surface area contributed by atoms with Gasteiger partial charge in [-0.25, -0.2) is 9.78 Å². The number of piperidine rings is 1. The minimum atomic E-state index is -0.00153. The number of amides is 2. The maximum absolute atomic E-state index is 12.2. The predicted molar refractivity (Wildman–Crippen MR) is 66.2 cm³/mol. The smallest absolute Gasteiger partial charge is 0.319 e. The highest BCUT2D eigenvalue weighted by molar-refractivity contribution is 7.09. The van der Waals surface area contributed by atoms with E-state index in [1.807, 2.05) is 11.8 Å². The van der Waals surface area contributed by atoms with Crippen molar-refractivity contribution in [2.24, 2.45) is 0 Å². The molecule has 1 N–H and O–H groups in total. The number of hydrogen-bond donors (Lipinski definition) is 1. The van der Waals surface area contributed by atoms with Crippen LogP contribution in [0.1, 0.15) is 37.9 Å². The second-order valence-electron chi connectivity index (χ2n) is 4.91. The lowest BCUT2D eigenvalue weighted by molar-refractivity contribution is 0.151. The Morgan fingerprint density at radius 1 is 1.41 bits per heavy atom. The lowest BCUT2D eigenvalue weighted by Gasteiger charge is -2.35. The highest BCUT2D eigenvalue weighted by Crippen LogP contribution is 2.48. The molecular formula is C11H16N4OS. The van der Waals surface area contributed by atoms with E-state index in [9.17, 15) is 4.79 Å². The fraction of sp³-hybridized carbons (Fsp3) is 0.727. The van der Waals surface area contributed by atoms with Gasteiger partial charge in [-0.1, -0.05) is 0 Å². The summed E-state index contributed by atoms with van der Waals surface area (Å²) >= 11 is 1.24. The van der Waals surface area contributed by atoms with Gasteiger partial charge in [0.25, 0.3) is 0 Å². The van der Waals surface area contributed by atoms with Crippen LogP contribution >= 0.6 is 11.5 Å². The number of aryl methyl sites for hydroxylation is 1. The zero-order valence-corrected chi connectivity index (χ0v) is 10.7. The molecule has 0 atom stereocenters. The summed E-state index contributed by atoms with van der Waals surface area (Å²) < 4.78 is 4.06. The van der Waals surface area contributed by atoms with Crippen molar-refractivity contribution in [2.75, 3.05) is 11.9 Å². The number of nitrogens with zero attached hydrogens (tertiary/aromatic N) is 3.